The fourth-order valence-corrected chi connectivity index (χ4v) is 9.94. The van der Waals surface area contributed by atoms with Crippen LogP contribution in [0.4, 0.5) is 34.1 Å². The van der Waals surface area contributed by atoms with E-state index in [0.29, 0.717) is 105 Å². The molecule has 0 aliphatic heterocycles. The van der Waals surface area contributed by atoms with Gasteiger partial charge in [0.1, 0.15) is 33.1 Å². The molecule has 0 radical (unpaired) electrons. The third-order valence-electron chi connectivity index (χ3n) is 14.0. The SMILES string of the molecule is c1ccc(CNc2cc3nc4c5nc6cc(NCc7ccccc7)c(NCc7ccccc7)cc6nc5c5nc6cc(NCc7ccccc7)c(NCc7ccccc7)cc6nc5c4nc3cc2NCc2ccccc2)cc1. The highest BCUT2D eigenvalue weighted by atomic mass is 15.0. The average Bonchev–Trinajstić information content (AvgIpc) is 3.54. The minimum atomic E-state index is 0.584. The standard InChI is InChI=1S/C66H54N12/c1-7-19-43(20-8-1)37-67-49-31-55-56(32-50(49)68-38-44-21-9-2-10-22-44)74-62-61(73-55)63-65(77-58-34-52(70-40-46-25-13-4-14-26-46)51(33-57(58)75-63)69-39-45-23-11-3-12-24-45)66-64(62)76-59-35-53(71-41-47-27-15-5-16-28-47)54(36-60(59)78-66)72-42-48-29-17-6-18-30-48/h1-36,67-72H,37-42H2. The van der Waals surface area contributed by atoms with Crippen LogP contribution in [0.25, 0.3) is 66.2 Å². The van der Waals surface area contributed by atoms with Crippen molar-refractivity contribution in [2.24, 2.45) is 0 Å². The molecule has 0 bridgehead atoms. The molecule has 12 heteroatoms. The maximum Gasteiger partial charge on any atom is 0.120 e. The van der Waals surface area contributed by atoms with Crippen LogP contribution in [0.15, 0.2) is 218 Å². The van der Waals surface area contributed by atoms with Crippen LogP contribution in [0.2, 0.25) is 0 Å². The summed E-state index contributed by atoms with van der Waals surface area (Å²) in [7, 11) is 0. The monoisotopic (exact) mass is 1010 g/mol. The lowest BCUT2D eigenvalue weighted by Gasteiger charge is -2.18. The van der Waals surface area contributed by atoms with Crippen molar-refractivity contribution in [3.63, 3.8) is 0 Å². The molecule has 0 aliphatic carbocycles. The second kappa shape index (κ2) is 21.6. The van der Waals surface area contributed by atoms with Gasteiger partial charge in [0, 0.05) is 39.3 Å². The van der Waals surface area contributed by atoms with Gasteiger partial charge in [0.05, 0.1) is 67.2 Å². The van der Waals surface area contributed by atoms with Crippen molar-refractivity contribution in [2.45, 2.75) is 39.3 Å². The largest absolute Gasteiger partial charge is 0.379 e. The van der Waals surface area contributed by atoms with Crippen LogP contribution in [0, 0.1) is 0 Å². The molecule has 13 rings (SSSR count). The van der Waals surface area contributed by atoms with Gasteiger partial charge in [0.15, 0.2) is 0 Å². The minimum absolute atomic E-state index is 0.584. The smallest absolute Gasteiger partial charge is 0.120 e. The summed E-state index contributed by atoms with van der Waals surface area (Å²) in [4.78, 5) is 33.0. The van der Waals surface area contributed by atoms with E-state index in [2.05, 4.69) is 214 Å². The summed E-state index contributed by atoms with van der Waals surface area (Å²) in [6, 6.07) is 74.9. The van der Waals surface area contributed by atoms with E-state index in [1.54, 1.807) is 0 Å². The third kappa shape index (κ3) is 10.3. The predicted molar refractivity (Wildman–Crippen MR) is 321 cm³/mol. The van der Waals surface area contributed by atoms with Gasteiger partial charge in [-0.25, -0.2) is 29.9 Å². The number of hydrogen-bond acceptors (Lipinski definition) is 12. The van der Waals surface area contributed by atoms with Gasteiger partial charge in [-0.3, -0.25) is 0 Å². The number of aromatic nitrogens is 6. The van der Waals surface area contributed by atoms with Crippen molar-refractivity contribution in [2.75, 3.05) is 31.9 Å². The molecular formula is C66H54N12. The Balaban J connectivity index is 1.01. The van der Waals surface area contributed by atoms with Gasteiger partial charge in [0.25, 0.3) is 0 Å². The summed E-state index contributed by atoms with van der Waals surface area (Å²) >= 11 is 0. The molecule has 378 valence electrons. The summed E-state index contributed by atoms with van der Waals surface area (Å²) < 4.78 is 0. The van der Waals surface area contributed by atoms with Gasteiger partial charge in [-0.05, 0) is 69.8 Å². The first-order valence-corrected chi connectivity index (χ1v) is 26.4. The van der Waals surface area contributed by atoms with E-state index in [1.807, 2.05) is 36.4 Å². The van der Waals surface area contributed by atoms with E-state index in [4.69, 9.17) is 29.9 Å². The second-order valence-corrected chi connectivity index (χ2v) is 19.5. The number of anilines is 6. The molecule has 0 saturated carbocycles. The maximum absolute atomic E-state index is 5.49. The topological polar surface area (TPSA) is 150 Å². The van der Waals surface area contributed by atoms with E-state index in [0.717, 1.165) is 67.5 Å². The van der Waals surface area contributed by atoms with Gasteiger partial charge < -0.3 is 31.9 Å². The van der Waals surface area contributed by atoms with Gasteiger partial charge >= 0.3 is 0 Å². The Labute approximate surface area is 451 Å². The molecule has 0 aliphatic rings. The van der Waals surface area contributed by atoms with Crippen molar-refractivity contribution in [1.82, 2.24) is 29.9 Å². The Hall–Kier alpha value is -10.2. The van der Waals surface area contributed by atoms with Crippen molar-refractivity contribution < 1.29 is 0 Å². The molecule has 0 amide bonds. The molecule has 0 atom stereocenters. The zero-order valence-electron chi connectivity index (χ0n) is 42.7. The van der Waals surface area contributed by atoms with Crippen LogP contribution < -0.4 is 31.9 Å². The summed E-state index contributed by atoms with van der Waals surface area (Å²) in [6.45, 7) is 3.72. The Kier molecular flexibility index (Phi) is 13.1. The van der Waals surface area contributed by atoms with Crippen molar-refractivity contribution >= 4 is 100 Å². The molecule has 13 aromatic rings. The fourth-order valence-electron chi connectivity index (χ4n) is 9.94. The molecule has 12 nitrogen and oxygen atoms in total. The molecular weight excluding hydrogens is 961 g/mol. The molecule has 3 heterocycles. The van der Waals surface area contributed by atoms with Crippen LogP contribution in [0.3, 0.4) is 0 Å². The van der Waals surface area contributed by atoms with Crippen LogP contribution in [-0.4, -0.2) is 29.9 Å². The van der Waals surface area contributed by atoms with Crippen LogP contribution in [0.5, 0.6) is 0 Å². The van der Waals surface area contributed by atoms with Crippen LogP contribution >= 0.6 is 0 Å². The normalized spacial score (nSPS) is 11.4. The van der Waals surface area contributed by atoms with E-state index in [9.17, 15) is 0 Å². The number of benzene rings is 10. The zero-order valence-corrected chi connectivity index (χ0v) is 42.7. The predicted octanol–water partition coefficient (Wildman–Crippen LogP) is 14.6. The zero-order chi connectivity index (χ0) is 52.0. The van der Waals surface area contributed by atoms with Crippen molar-refractivity contribution in [3.8, 4) is 0 Å². The molecule has 0 spiro atoms. The summed E-state index contributed by atoms with van der Waals surface area (Å²) in [5.74, 6) is 0. The van der Waals surface area contributed by atoms with E-state index in [-0.39, 0.29) is 0 Å². The molecule has 0 fully saturated rings. The lowest BCUT2D eigenvalue weighted by Crippen LogP contribution is -2.07. The Morgan fingerprint density at radius 3 is 0.474 bits per heavy atom. The molecule has 0 saturated heterocycles. The Morgan fingerprint density at radius 1 is 0.192 bits per heavy atom. The van der Waals surface area contributed by atoms with Crippen LogP contribution in [0.1, 0.15) is 33.4 Å². The highest BCUT2D eigenvalue weighted by Crippen LogP contribution is 2.38. The summed E-state index contributed by atoms with van der Waals surface area (Å²) in [5.41, 5.74) is 20.1. The Morgan fingerprint density at radius 2 is 0.333 bits per heavy atom. The minimum Gasteiger partial charge on any atom is -0.379 e. The third-order valence-corrected chi connectivity index (χ3v) is 14.0. The average molecular weight is 1020 g/mol. The molecule has 6 N–H and O–H groups in total. The van der Waals surface area contributed by atoms with Crippen molar-refractivity contribution in [3.05, 3.63) is 252 Å². The molecule has 78 heavy (non-hydrogen) atoms. The molecule has 0 unspecified atom stereocenters. The van der Waals surface area contributed by atoms with E-state index >= 15 is 0 Å². The highest BCUT2D eigenvalue weighted by Gasteiger charge is 2.22. The maximum atomic E-state index is 5.49. The summed E-state index contributed by atoms with van der Waals surface area (Å²) in [5, 5.41) is 22.3. The first-order valence-electron chi connectivity index (χ1n) is 26.4. The number of nitrogens with one attached hydrogen (secondary N) is 6. The van der Waals surface area contributed by atoms with Crippen LogP contribution in [-0.2, 0) is 39.3 Å². The number of fused-ring (bicyclic) bond motifs is 9. The number of hydrogen-bond donors (Lipinski definition) is 6. The van der Waals surface area contributed by atoms with E-state index < -0.39 is 0 Å². The van der Waals surface area contributed by atoms with E-state index in [1.165, 1.54) is 0 Å². The first kappa shape index (κ1) is 47.5. The summed E-state index contributed by atoms with van der Waals surface area (Å²) in [6.07, 6.45) is 0. The first-order chi connectivity index (χ1) is 38.6. The molecule has 10 aromatic carbocycles. The number of rotatable bonds is 18. The lowest BCUT2D eigenvalue weighted by atomic mass is 10.1. The highest BCUT2D eigenvalue weighted by molar-refractivity contribution is 6.21. The Bertz CT molecular complexity index is 3510. The van der Waals surface area contributed by atoms with Gasteiger partial charge in [0.2, 0.25) is 0 Å². The molecule has 3 aromatic heterocycles. The number of nitrogens with zero attached hydrogens (tertiary/aromatic N) is 6. The fraction of sp³-hybridized carbons (Fsp3) is 0.0909. The quantitative estimate of drug-likeness (QED) is 0.0359. The second-order valence-electron chi connectivity index (χ2n) is 19.5. The van der Waals surface area contributed by atoms with Gasteiger partial charge in [-0.2, -0.15) is 0 Å². The lowest BCUT2D eigenvalue weighted by molar-refractivity contribution is 1.12. The van der Waals surface area contributed by atoms with Gasteiger partial charge in [-0.1, -0.05) is 182 Å². The van der Waals surface area contributed by atoms with Gasteiger partial charge in [-0.15, -0.1) is 0 Å². The van der Waals surface area contributed by atoms with Crippen molar-refractivity contribution in [1.29, 1.82) is 0 Å².